The highest BCUT2D eigenvalue weighted by Crippen LogP contribution is 2.43. The predicted molar refractivity (Wildman–Crippen MR) is 281 cm³/mol. The van der Waals surface area contributed by atoms with E-state index < -0.39 is 45.1 Å². The minimum Gasteiger partial charge on any atom is -0.480 e. The van der Waals surface area contributed by atoms with Gasteiger partial charge in [-0.25, -0.2) is 4.57 Å². The zero-order valence-electron chi connectivity index (χ0n) is 42.2. The lowest BCUT2D eigenvalue weighted by Gasteiger charge is -2.20. The zero-order valence-corrected chi connectivity index (χ0v) is 43.1. The molecular formula is C56H96NO9P. The lowest BCUT2D eigenvalue weighted by atomic mass is 10.0. The number of carbonyl (C=O) groups excluding carboxylic acids is 1. The van der Waals surface area contributed by atoms with Crippen molar-refractivity contribution in [3.8, 4) is 0 Å². The molecule has 0 aliphatic carbocycles. The third kappa shape index (κ3) is 50.6. The van der Waals surface area contributed by atoms with E-state index in [0.29, 0.717) is 13.0 Å². The first-order valence-corrected chi connectivity index (χ1v) is 27.8. The number of phosphoric ester groups is 1. The van der Waals surface area contributed by atoms with Gasteiger partial charge < -0.3 is 25.2 Å². The van der Waals surface area contributed by atoms with Crippen LogP contribution in [0, 0.1) is 0 Å². The zero-order chi connectivity index (χ0) is 49.0. The molecule has 0 bridgehead atoms. The number of carboxylic acids is 1. The van der Waals surface area contributed by atoms with Crippen LogP contribution in [-0.4, -0.2) is 60.5 Å². The van der Waals surface area contributed by atoms with Crippen molar-refractivity contribution >= 4 is 19.8 Å². The highest BCUT2D eigenvalue weighted by atomic mass is 31.2. The van der Waals surface area contributed by atoms with Crippen molar-refractivity contribution in [3.63, 3.8) is 0 Å². The van der Waals surface area contributed by atoms with Crippen molar-refractivity contribution in [2.24, 2.45) is 5.73 Å². The summed E-state index contributed by atoms with van der Waals surface area (Å²) in [5.41, 5.74) is 5.38. The van der Waals surface area contributed by atoms with E-state index >= 15 is 0 Å². The first-order chi connectivity index (χ1) is 32.7. The Balaban J connectivity index is 4.16. The van der Waals surface area contributed by atoms with Gasteiger partial charge in [-0.1, -0.05) is 207 Å². The van der Waals surface area contributed by atoms with E-state index in [1.807, 2.05) is 0 Å². The molecular weight excluding hydrogens is 862 g/mol. The topological polar surface area (TPSA) is 155 Å². The van der Waals surface area contributed by atoms with Gasteiger partial charge in [-0.05, 0) is 89.9 Å². The smallest absolute Gasteiger partial charge is 0.472 e. The number of ether oxygens (including phenoxy) is 2. The average Bonchev–Trinajstić information content (AvgIpc) is 3.31. The molecule has 0 fully saturated rings. The maximum absolute atomic E-state index is 12.7. The van der Waals surface area contributed by atoms with E-state index in [9.17, 15) is 19.0 Å². The van der Waals surface area contributed by atoms with Gasteiger partial charge in [-0.2, -0.15) is 0 Å². The number of phosphoric acid groups is 1. The number of nitrogens with two attached hydrogens (primary N) is 1. The largest absolute Gasteiger partial charge is 0.480 e. The molecule has 4 N–H and O–H groups in total. The van der Waals surface area contributed by atoms with Crippen LogP contribution >= 0.6 is 7.82 Å². The molecule has 0 aromatic heterocycles. The van der Waals surface area contributed by atoms with Crippen molar-refractivity contribution in [2.45, 2.75) is 219 Å². The summed E-state index contributed by atoms with van der Waals surface area (Å²) in [6, 6.07) is -1.48. The van der Waals surface area contributed by atoms with E-state index in [1.54, 1.807) is 0 Å². The number of carboxylic acid groups (broad SMARTS) is 1. The second-order valence-corrected chi connectivity index (χ2v) is 18.7. The molecule has 3 unspecified atom stereocenters. The summed E-state index contributed by atoms with van der Waals surface area (Å²) in [7, 11) is -4.63. The highest BCUT2D eigenvalue weighted by molar-refractivity contribution is 7.47. The number of unbranched alkanes of at least 4 members (excludes halogenated alkanes) is 19. The van der Waals surface area contributed by atoms with Crippen molar-refractivity contribution in [1.82, 2.24) is 0 Å². The monoisotopic (exact) mass is 958 g/mol. The molecule has 0 amide bonds. The molecule has 0 radical (unpaired) electrons. The lowest BCUT2D eigenvalue weighted by Crippen LogP contribution is -2.34. The number of aliphatic carboxylic acids is 1. The predicted octanol–water partition coefficient (Wildman–Crippen LogP) is 15.7. The van der Waals surface area contributed by atoms with Crippen LogP contribution < -0.4 is 5.73 Å². The fourth-order valence-corrected chi connectivity index (χ4v) is 7.66. The molecule has 0 aliphatic heterocycles. The third-order valence-electron chi connectivity index (χ3n) is 10.9. The summed E-state index contributed by atoms with van der Waals surface area (Å²) in [5, 5.41) is 8.94. The maximum Gasteiger partial charge on any atom is 0.472 e. The Morgan fingerprint density at radius 1 is 0.478 bits per heavy atom. The molecule has 0 spiro atoms. The molecule has 0 saturated carbocycles. The molecule has 67 heavy (non-hydrogen) atoms. The van der Waals surface area contributed by atoms with Gasteiger partial charge >= 0.3 is 19.8 Å². The van der Waals surface area contributed by atoms with Gasteiger partial charge in [0, 0.05) is 13.0 Å². The summed E-state index contributed by atoms with van der Waals surface area (Å²) in [4.78, 5) is 33.7. The molecule has 11 heteroatoms. The maximum atomic E-state index is 12.7. The van der Waals surface area contributed by atoms with Gasteiger partial charge in [0.25, 0.3) is 0 Å². The minimum atomic E-state index is -4.63. The fraction of sp³-hybridized carbons (Fsp3) is 0.679. The molecule has 10 nitrogen and oxygen atoms in total. The Bertz CT molecular complexity index is 1430. The fourth-order valence-electron chi connectivity index (χ4n) is 6.88. The average molecular weight is 958 g/mol. The third-order valence-corrected chi connectivity index (χ3v) is 11.8. The molecule has 3 atom stereocenters. The Hall–Kier alpha value is -3.11. The van der Waals surface area contributed by atoms with Crippen LogP contribution in [0.5, 0.6) is 0 Å². The lowest BCUT2D eigenvalue weighted by molar-refractivity contribution is -0.154. The Labute approximate surface area is 409 Å². The Morgan fingerprint density at radius 3 is 1.22 bits per heavy atom. The summed E-state index contributed by atoms with van der Waals surface area (Å²) in [6.45, 7) is 3.64. The van der Waals surface area contributed by atoms with Gasteiger partial charge in [0.2, 0.25) is 0 Å². The summed E-state index contributed by atoms with van der Waals surface area (Å²) in [6.07, 6.45) is 67.5. The number of carbonyl (C=O) groups is 2. The van der Waals surface area contributed by atoms with Gasteiger partial charge in [0.1, 0.15) is 12.1 Å². The summed E-state index contributed by atoms with van der Waals surface area (Å²) in [5.74, 6) is -1.79. The Morgan fingerprint density at radius 2 is 0.821 bits per heavy atom. The highest BCUT2D eigenvalue weighted by Gasteiger charge is 2.27. The van der Waals surface area contributed by atoms with E-state index in [2.05, 4.69) is 111 Å². The molecule has 384 valence electrons. The number of hydrogen-bond donors (Lipinski definition) is 3. The molecule has 0 saturated heterocycles. The standard InChI is InChI=1S/C56H96NO9P/c1-3-5-7-9-11-13-15-17-19-21-23-25-27-28-30-32-34-36-38-40-42-44-46-48-55(58)66-53(51-64-67(61,62)65-52-54(57)56(59)60)50-63-49-47-45-43-41-39-37-35-33-31-29-26-24-22-20-18-16-14-12-10-8-6-4-2/h5-8,11-14,17-20,23-26,53-54H,3-4,9-10,15-16,21-22,27-52,57H2,1-2H3,(H,59,60)(H,61,62)/b7-5-,8-6-,13-11-,14-12-,19-17-,20-18-,25-23-,26-24-. The van der Waals surface area contributed by atoms with E-state index in [-0.39, 0.29) is 13.0 Å². The molecule has 0 rings (SSSR count). The number of esters is 1. The molecule has 0 heterocycles. The van der Waals surface area contributed by atoms with E-state index in [0.717, 1.165) is 103 Å². The Kier molecular flexibility index (Phi) is 48.4. The molecule has 0 aromatic rings. The second-order valence-electron chi connectivity index (χ2n) is 17.2. The van der Waals surface area contributed by atoms with Crippen LogP contribution in [0.4, 0.5) is 0 Å². The van der Waals surface area contributed by atoms with Crippen LogP contribution in [0.2, 0.25) is 0 Å². The minimum absolute atomic E-state index is 0.00568. The second kappa shape index (κ2) is 50.8. The molecule has 0 aromatic carbocycles. The van der Waals surface area contributed by atoms with Crippen molar-refractivity contribution in [1.29, 1.82) is 0 Å². The van der Waals surface area contributed by atoms with E-state index in [4.69, 9.17) is 29.4 Å². The normalized spacial score (nSPS) is 14.4. The first kappa shape index (κ1) is 63.9. The van der Waals surface area contributed by atoms with Gasteiger partial charge in [0.05, 0.1) is 19.8 Å². The van der Waals surface area contributed by atoms with Crippen LogP contribution in [-0.2, 0) is 32.7 Å². The van der Waals surface area contributed by atoms with Crippen LogP contribution in [0.15, 0.2) is 97.2 Å². The summed E-state index contributed by atoms with van der Waals surface area (Å²) < 4.78 is 33.5. The number of rotatable bonds is 49. The number of allylic oxidation sites excluding steroid dienone is 16. The number of hydrogen-bond acceptors (Lipinski definition) is 8. The van der Waals surface area contributed by atoms with Crippen LogP contribution in [0.25, 0.3) is 0 Å². The quantitative estimate of drug-likeness (QED) is 0.0232. The van der Waals surface area contributed by atoms with E-state index in [1.165, 1.54) is 77.0 Å². The first-order valence-electron chi connectivity index (χ1n) is 26.3. The van der Waals surface area contributed by atoms with Crippen molar-refractivity contribution in [3.05, 3.63) is 97.2 Å². The van der Waals surface area contributed by atoms with Crippen LogP contribution in [0.3, 0.4) is 0 Å². The van der Waals surface area contributed by atoms with Gasteiger partial charge in [-0.3, -0.25) is 18.6 Å². The summed E-state index contributed by atoms with van der Waals surface area (Å²) >= 11 is 0. The SMILES string of the molecule is CC/C=C\C/C=C\C/C=C\C/C=C\CCCCCCCCCCCCC(=O)OC(COCCCCCCCCCCC/C=C\C/C=C\C/C=C\C/C=C\CC)COP(=O)(O)OCC(N)C(=O)O. The van der Waals surface area contributed by atoms with Crippen LogP contribution in [0.1, 0.15) is 206 Å². The van der Waals surface area contributed by atoms with Gasteiger partial charge in [0.15, 0.2) is 0 Å². The van der Waals surface area contributed by atoms with Crippen molar-refractivity contribution < 1.29 is 42.7 Å². The van der Waals surface area contributed by atoms with Crippen molar-refractivity contribution in [2.75, 3.05) is 26.4 Å². The van der Waals surface area contributed by atoms with Gasteiger partial charge in [-0.15, -0.1) is 0 Å². The molecule has 0 aliphatic rings.